The molecule has 1 aliphatic rings. The molecular formula is C30H36N6O7. The van der Waals surface area contributed by atoms with Crippen LogP contribution in [0.25, 0.3) is 0 Å². The summed E-state index contributed by atoms with van der Waals surface area (Å²) in [6, 6.07) is 10.0. The monoisotopic (exact) mass is 592 g/mol. The van der Waals surface area contributed by atoms with E-state index in [0.717, 1.165) is 5.56 Å². The quantitative estimate of drug-likeness (QED) is 0.228. The lowest BCUT2D eigenvalue weighted by molar-refractivity contribution is -0.131. The van der Waals surface area contributed by atoms with Crippen LogP contribution in [0.1, 0.15) is 34.5 Å². The Labute approximate surface area is 249 Å². The van der Waals surface area contributed by atoms with Gasteiger partial charge in [0.15, 0.2) is 11.5 Å². The van der Waals surface area contributed by atoms with Crippen LogP contribution in [0.3, 0.4) is 0 Å². The van der Waals surface area contributed by atoms with Gasteiger partial charge in [-0.3, -0.25) is 19.2 Å². The number of imidazole rings is 1. The Morgan fingerprint density at radius 2 is 1.88 bits per heavy atom. The van der Waals surface area contributed by atoms with E-state index in [1.54, 1.807) is 44.7 Å². The van der Waals surface area contributed by atoms with Gasteiger partial charge in [0.25, 0.3) is 5.91 Å². The van der Waals surface area contributed by atoms with E-state index in [0.29, 0.717) is 42.3 Å². The fourth-order valence-corrected chi connectivity index (χ4v) is 4.61. The minimum Gasteiger partial charge on any atom is -0.493 e. The molecule has 2 atom stereocenters. The summed E-state index contributed by atoms with van der Waals surface area (Å²) < 4.78 is 16.4. The summed E-state index contributed by atoms with van der Waals surface area (Å²) in [6.07, 6.45) is 4.04. The molecule has 13 heteroatoms. The number of fused-ring (bicyclic) bond motifs is 1. The van der Waals surface area contributed by atoms with Gasteiger partial charge in [0.1, 0.15) is 24.4 Å². The number of nitrogens with zero attached hydrogens (tertiary/aromatic N) is 1. The van der Waals surface area contributed by atoms with E-state index in [-0.39, 0.29) is 31.6 Å². The second-order valence-electron chi connectivity index (χ2n) is 9.85. The van der Waals surface area contributed by atoms with Gasteiger partial charge in [0, 0.05) is 24.9 Å². The lowest BCUT2D eigenvalue weighted by Gasteiger charge is -2.23. The third-order valence-electron chi connectivity index (χ3n) is 6.82. The number of rotatable bonds is 9. The number of H-pyrrole nitrogens is 1. The van der Waals surface area contributed by atoms with E-state index in [4.69, 9.17) is 14.2 Å². The highest BCUT2D eigenvalue weighted by molar-refractivity contribution is 6.01. The van der Waals surface area contributed by atoms with Crippen LogP contribution in [-0.4, -0.2) is 79.6 Å². The molecule has 0 saturated carbocycles. The molecule has 1 aliphatic heterocycles. The van der Waals surface area contributed by atoms with Crippen molar-refractivity contribution in [3.63, 3.8) is 0 Å². The Bertz CT molecular complexity index is 1410. The Balaban J connectivity index is 1.46. The number of benzene rings is 2. The summed E-state index contributed by atoms with van der Waals surface area (Å²) in [6.45, 7) is 0.537. The van der Waals surface area contributed by atoms with E-state index in [1.165, 1.54) is 6.33 Å². The molecule has 2 heterocycles. The number of amides is 4. The van der Waals surface area contributed by atoms with Gasteiger partial charge in [-0.1, -0.05) is 18.2 Å². The van der Waals surface area contributed by atoms with Gasteiger partial charge in [0.2, 0.25) is 17.7 Å². The molecule has 0 unspecified atom stereocenters. The van der Waals surface area contributed by atoms with Gasteiger partial charge in [0.05, 0.1) is 39.1 Å². The molecule has 0 spiro atoms. The predicted octanol–water partition coefficient (Wildman–Crippen LogP) is 0.901. The standard InChI is InChI=1S/C30H36N6O7/c1-41-25-10-9-19(14-26(25)42-2)6-5-11-32-30(40)23-16-27(37)35-22(15-20-17-31-18-34-20)29(39)33-12-13-43-24-8-4-3-7-21(24)28(38)36-23/h3-4,7-10,14,17-18,22-23H,5-6,11-13,15-16H2,1-2H3,(H,31,34)(H,32,40)(H,33,39)(H,35,37)(H,36,38)/t22-,23-/m0/s1. The van der Waals surface area contributed by atoms with E-state index in [9.17, 15) is 19.2 Å². The average molecular weight is 593 g/mol. The lowest BCUT2D eigenvalue weighted by atomic mass is 10.1. The molecule has 0 fully saturated rings. The minimum absolute atomic E-state index is 0.0880. The minimum atomic E-state index is -1.21. The molecule has 4 amide bonds. The van der Waals surface area contributed by atoms with Gasteiger partial charge >= 0.3 is 0 Å². The zero-order valence-electron chi connectivity index (χ0n) is 24.1. The number of nitrogens with one attached hydrogen (secondary N) is 5. The molecule has 5 N–H and O–H groups in total. The molecular weight excluding hydrogens is 556 g/mol. The molecule has 0 bridgehead atoms. The number of hydrogen-bond acceptors (Lipinski definition) is 8. The third kappa shape index (κ3) is 8.71. The van der Waals surface area contributed by atoms with Crippen LogP contribution in [0, 0.1) is 0 Å². The largest absolute Gasteiger partial charge is 0.493 e. The van der Waals surface area contributed by atoms with Crippen molar-refractivity contribution >= 4 is 23.6 Å². The smallest absolute Gasteiger partial charge is 0.255 e. The summed E-state index contributed by atoms with van der Waals surface area (Å²) in [4.78, 5) is 59.5. The Morgan fingerprint density at radius 3 is 2.65 bits per heavy atom. The first-order valence-corrected chi connectivity index (χ1v) is 13.9. The van der Waals surface area contributed by atoms with Crippen LogP contribution in [0.4, 0.5) is 0 Å². The highest BCUT2D eigenvalue weighted by Gasteiger charge is 2.29. The van der Waals surface area contributed by atoms with Gasteiger partial charge < -0.3 is 40.5 Å². The van der Waals surface area contributed by atoms with Crippen molar-refractivity contribution in [2.24, 2.45) is 0 Å². The van der Waals surface area contributed by atoms with Crippen LogP contribution in [0.2, 0.25) is 0 Å². The summed E-state index contributed by atoms with van der Waals surface area (Å²) >= 11 is 0. The predicted molar refractivity (Wildman–Crippen MR) is 156 cm³/mol. The molecule has 228 valence electrons. The number of carbonyl (C=O) groups is 4. The van der Waals surface area contributed by atoms with Crippen molar-refractivity contribution in [2.75, 3.05) is 33.9 Å². The maximum absolute atomic E-state index is 13.3. The van der Waals surface area contributed by atoms with Gasteiger partial charge in [-0.05, 0) is 42.7 Å². The van der Waals surface area contributed by atoms with Crippen LogP contribution in [0.5, 0.6) is 17.2 Å². The van der Waals surface area contributed by atoms with E-state index in [1.807, 2.05) is 18.2 Å². The van der Waals surface area contributed by atoms with Gasteiger partial charge in [-0.2, -0.15) is 0 Å². The first-order chi connectivity index (χ1) is 20.9. The number of para-hydroxylation sites is 1. The summed E-state index contributed by atoms with van der Waals surface area (Å²) in [5, 5.41) is 10.9. The number of hydrogen-bond donors (Lipinski definition) is 5. The summed E-state index contributed by atoms with van der Waals surface area (Å²) in [5.41, 5.74) is 1.84. The zero-order valence-corrected chi connectivity index (χ0v) is 24.1. The molecule has 43 heavy (non-hydrogen) atoms. The molecule has 1 aromatic heterocycles. The number of carbonyl (C=O) groups excluding carboxylic acids is 4. The topological polar surface area (TPSA) is 173 Å². The van der Waals surface area contributed by atoms with Gasteiger partial charge in [-0.25, -0.2) is 4.98 Å². The highest BCUT2D eigenvalue weighted by atomic mass is 16.5. The van der Waals surface area contributed by atoms with Crippen molar-refractivity contribution in [2.45, 2.75) is 37.8 Å². The number of aromatic nitrogens is 2. The zero-order chi connectivity index (χ0) is 30.6. The van der Waals surface area contributed by atoms with Gasteiger partial charge in [-0.15, -0.1) is 0 Å². The molecule has 13 nitrogen and oxygen atoms in total. The van der Waals surface area contributed by atoms with E-state index >= 15 is 0 Å². The number of aryl methyl sites for hydroxylation is 1. The molecule has 4 rings (SSSR count). The van der Waals surface area contributed by atoms with E-state index in [2.05, 4.69) is 31.2 Å². The fraction of sp³-hybridized carbons (Fsp3) is 0.367. The SMILES string of the molecule is COc1ccc(CCCNC(=O)[C@@H]2CC(=O)N[C@@H](Cc3cnc[nH]3)C(=O)NCCOc3ccccc3C(=O)N2)cc1OC. The maximum atomic E-state index is 13.3. The molecule has 0 radical (unpaired) electrons. The molecule has 0 aliphatic carbocycles. The summed E-state index contributed by atoms with van der Waals surface area (Å²) in [7, 11) is 3.13. The Kier molecular flexibility index (Phi) is 10.9. The molecule has 3 aromatic rings. The molecule has 0 saturated heterocycles. The number of ether oxygens (including phenoxy) is 3. The third-order valence-corrected chi connectivity index (χ3v) is 6.82. The maximum Gasteiger partial charge on any atom is 0.255 e. The van der Waals surface area contributed by atoms with Crippen molar-refractivity contribution in [1.29, 1.82) is 0 Å². The average Bonchev–Trinajstić information content (AvgIpc) is 3.53. The van der Waals surface area contributed by atoms with Crippen molar-refractivity contribution < 1.29 is 33.4 Å². The molecule has 2 aromatic carbocycles. The van der Waals surface area contributed by atoms with Crippen molar-refractivity contribution in [1.82, 2.24) is 31.2 Å². The van der Waals surface area contributed by atoms with Crippen LogP contribution >= 0.6 is 0 Å². The highest BCUT2D eigenvalue weighted by Crippen LogP contribution is 2.28. The first kappa shape index (κ1) is 30.9. The Hall–Kier alpha value is -5.07. The summed E-state index contributed by atoms with van der Waals surface area (Å²) in [5.74, 6) is -0.567. The number of aromatic amines is 1. The van der Waals surface area contributed by atoms with Crippen molar-refractivity contribution in [3.8, 4) is 17.2 Å². The van der Waals surface area contributed by atoms with Crippen molar-refractivity contribution in [3.05, 3.63) is 71.8 Å². The lowest BCUT2D eigenvalue weighted by Crippen LogP contribution is -2.53. The van der Waals surface area contributed by atoms with Crippen LogP contribution < -0.4 is 35.5 Å². The second-order valence-corrected chi connectivity index (χ2v) is 9.85. The van der Waals surface area contributed by atoms with E-state index < -0.39 is 35.7 Å². The fourth-order valence-electron chi connectivity index (χ4n) is 4.61. The Morgan fingerprint density at radius 1 is 1.07 bits per heavy atom. The van der Waals surface area contributed by atoms with Crippen LogP contribution in [-0.2, 0) is 27.2 Å². The normalized spacial score (nSPS) is 17.7. The van der Waals surface area contributed by atoms with Crippen LogP contribution in [0.15, 0.2) is 55.0 Å². The first-order valence-electron chi connectivity index (χ1n) is 13.9. The second kappa shape index (κ2) is 15.2. The number of methoxy groups -OCH3 is 2.